The van der Waals surface area contributed by atoms with Crippen LogP contribution in [0.3, 0.4) is 0 Å². The number of fused-ring (bicyclic) bond motifs is 1. The summed E-state index contributed by atoms with van der Waals surface area (Å²) in [5, 5.41) is 2.84. The third kappa shape index (κ3) is 4.54. The van der Waals surface area contributed by atoms with Gasteiger partial charge in [0.1, 0.15) is 17.5 Å². The molecule has 0 amide bonds. The van der Waals surface area contributed by atoms with Crippen molar-refractivity contribution in [2.24, 2.45) is 0 Å². The fourth-order valence-corrected chi connectivity index (χ4v) is 2.76. The monoisotopic (exact) mass is 442 g/mol. The lowest BCUT2D eigenvalue weighted by atomic mass is 10.1. The number of aromatic nitrogens is 3. The Morgan fingerprint density at radius 1 is 0.967 bits per heavy atom. The van der Waals surface area contributed by atoms with Crippen LogP contribution in [0.5, 0.6) is 11.5 Å². The second kappa shape index (κ2) is 8.70. The molecule has 4 rings (SSSR count). The van der Waals surface area contributed by atoms with Gasteiger partial charge in [-0.2, -0.15) is 0 Å². The number of hydrogen-bond acceptors (Lipinski definition) is 6. The quantitative estimate of drug-likeness (QED) is 0.543. The molecule has 1 N–H and O–H groups in total. The Balaban J connectivity index is 0.00000124. The summed E-state index contributed by atoms with van der Waals surface area (Å²) >= 11 is 6.10. The van der Waals surface area contributed by atoms with Crippen molar-refractivity contribution >= 4 is 17.4 Å². The minimum atomic E-state index is -3.76. The lowest BCUT2D eigenvalue weighted by Gasteiger charge is -2.09. The van der Waals surface area contributed by atoms with Gasteiger partial charge < -0.3 is 14.8 Å². The van der Waals surface area contributed by atoms with Crippen LogP contribution in [0.4, 0.5) is 23.4 Å². The molecule has 1 aromatic carbocycles. The summed E-state index contributed by atoms with van der Waals surface area (Å²) < 4.78 is 62.2. The first kappa shape index (κ1) is 21.6. The topological polar surface area (TPSA) is 69.2 Å². The highest BCUT2D eigenvalue weighted by Crippen LogP contribution is 2.45. The third-order valence-electron chi connectivity index (χ3n) is 3.82. The average molecular weight is 443 g/mol. The highest BCUT2D eigenvalue weighted by Gasteiger charge is 2.43. The molecule has 0 saturated carbocycles. The molecule has 6 nitrogen and oxygen atoms in total. The number of pyridine rings is 1. The predicted molar refractivity (Wildman–Crippen MR) is 102 cm³/mol. The van der Waals surface area contributed by atoms with Crippen LogP contribution in [0, 0.1) is 11.6 Å². The van der Waals surface area contributed by atoms with Gasteiger partial charge in [-0.15, -0.1) is 8.78 Å². The van der Waals surface area contributed by atoms with Crippen molar-refractivity contribution in [3.05, 3.63) is 59.1 Å². The van der Waals surface area contributed by atoms with Gasteiger partial charge in [-0.05, 0) is 6.07 Å². The van der Waals surface area contributed by atoms with Crippen LogP contribution < -0.4 is 14.8 Å². The Morgan fingerprint density at radius 2 is 1.60 bits per heavy atom. The molecule has 0 aliphatic carbocycles. The molecule has 30 heavy (non-hydrogen) atoms. The predicted octanol–water partition coefficient (Wildman–Crippen LogP) is 5.43. The van der Waals surface area contributed by atoms with Gasteiger partial charge in [-0.1, -0.05) is 25.4 Å². The molecule has 1 aliphatic heterocycles. The largest absolute Gasteiger partial charge is 0.586 e. The van der Waals surface area contributed by atoms with Crippen molar-refractivity contribution < 1.29 is 27.0 Å². The third-order valence-corrected chi connectivity index (χ3v) is 4.13. The first-order valence-electron chi connectivity index (χ1n) is 8.76. The standard InChI is InChI=1S/C17H9ClF4N4O2.C2H6/c18-10-2-15-14(27-17(21,22)28-15)1-8(10)13-6-26-16(7-24-13)25-3-9-11(19)4-23-5-12(9)20;1-2/h1-2,4-7H,3H2,(H,25,26);1-2H3. The molecule has 1 aliphatic rings. The maximum Gasteiger partial charge on any atom is 0.586 e. The summed E-state index contributed by atoms with van der Waals surface area (Å²) in [6.07, 6.45) is 0.673. The fraction of sp³-hybridized carbons (Fsp3) is 0.211. The second-order valence-corrected chi connectivity index (χ2v) is 6.08. The molecule has 0 bridgehead atoms. The molecule has 0 spiro atoms. The number of halogens is 5. The molecule has 0 fully saturated rings. The lowest BCUT2D eigenvalue weighted by Crippen LogP contribution is -2.25. The van der Waals surface area contributed by atoms with Crippen molar-refractivity contribution in [1.82, 2.24) is 15.0 Å². The smallest absolute Gasteiger partial charge is 0.395 e. The van der Waals surface area contributed by atoms with Crippen LogP contribution in [0.25, 0.3) is 11.3 Å². The number of benzene rings is 1. The van der Waals surface area contributed by atoms with E-state index in [2.05, 4.69) is 29.7 Å². The van der Waals surface area contributed by atoms with E-state index in [1.54, 1.807) is 0 Å². The summed E-state index contributed by atoms with van der Waals surface area (Å²) in [4.78, 5) is 11.6. The zero-order valence-corrected chi connectivity index (χ0v) is 16.5. The van der Waals surface area contributed by atoms with Crippen LogP contribution in [0.2, 0.25) is 5.02 Å². The molecule has 0 atom stereocenters. The van der Waals surface area contributed by atoms with Gasteiger partial charge >= 0.3 is 6.29 Å². The van der Waals surface area contributed by atoms with Crippen molar-refractivity contribution in [3.8, 4) is 22.8 Å². The van der Waals surface area contributed by atoms with E-state index in [1.807, 2.05) is 13.8 Å². The summed E-state index contributed by atoms with van der Waals surface area (Å²) in [6, 6.07) is 2.45. The molecule has 0 saturated heterocycles. The minimum Gasteiger partial charge on any atom is -0.395 e. The van der Waals surface area contributed by atoms with Crippen LogP contribution >= 0.6 is 11.6 Å². The van der Waals surface area contributed by atoms with E-state index >= 15 is 0 Å². The number of ether oxygens (including phenoxy) is 2. The highest BCUT2D eigenvalue weighted by atomic mass is 35.5. The number of anilines is 1. The van der Waals surface area contributed by atoms with Gasteiger partial charge in [0, 0.05) is 23.7 Å². The number of alkyl halides is 2. The SMILES string of the molecule is CC.Fc1cncc(F)c1CNc1cnc(-c2cc3c(cc2Cl)OC(F)(F)O3)cn1. The Hall–Kier alpha value is -3.14. The van der Waals surface area contributed by atoms with Gasteiger partial charge in [-0.25, -0.2) is 13.8 Å². The Bertz CT molecular complexity index is 1030. The summed E-state index contributed by atoms with van der Waals surface area (Å²) in [5.74, 6) is -1.71. The van der Waals surface area contributed by atoms with Crippen molar-refractivity contribution in [2.45, 2.75) is 26.7 Å². The number of hydrogen-bond donors (Lipinski definition) is 1. The molecule has 3 aromatic rings. The molecular weight excluding hydrogens is 428 g/mol. The maximum atomic E-state index is 13.6. The second-order valence-electron chi connectivity index (χ2n) is 5.67. The van der Waals surface area contributed by atoms with Gasteiger partial charge in [0.2, 0.25) is 0 Å². The molecule has 0 radical (unpaired) electrons. The van der Waals surface area contributed by atoms with E-state index in [0.29, 0.717) is 5.56 Å². The van der Waals surface area contributed by atoms with Crippen LogP contribution in [-0.4, -0.2) is 21.2 Å². The molecule has 11 heteroatoms. The molecule has 2 aromatic heterocycles. The van der Waals surface area contributed by atoms with Crippen LogP contribution in [-0.2, 0) is 6.54 Å². The van der Waals surface area contributed by atoms with Gasteiger partial charge in [0.15, 0.2) is 11.5 Å². The summed E-state index contributed by atoms with van der Waals surface area (Å²) in [7, 11) is 0. The lowest BCUT2D eigenvalue weighted by molar-refractivity contribution is -0.286. The van der Waals surface area contributed by atoms with Crippen LogP contribution in [0.1, 0.15) is 19.4 Å². The number of nitrogens with one attached hydrogen (secondary N) is 1. The fourth-order valence-electron chi connectivity index (χ4n) is 2.51. The zero-order valence-electron chi connectivity index (χ0n) is 15.7. The average Bonchev–Trinajstić information content (AvgIpc) is 3.02. The highest BCUT2D eigenvalue weighted by molar-refractivity contribution is 6.33. The Labute approximate surface area is 173 Å². The Morgan fingerprint density at radius 3 is 2.20 bits per heavy atom. The Kier molecular flexibility index (Phi) is 6.25. The normalized spacial score (nSPS) is 13.4. The van der Waals surface area contributed by atoms with E-state index in [-0.39, 0.29) is 40.1 Å². The van der Waals surface area contributed by atoms with Gasteiger partial charge in [0.25, 0.3) is 0 Å². The van der Waals surface area contributed by atoms with Crippen molar-refractivity contribution in [1.29, 1.82) is 0 Å². The van der Waals surface area contributed by atoms with E-state index in [0.717, 1.165) is 12.4 Å². The molecular formula is C19H15ClF4N4O2. The van der Waals surface area contributed by atoms with E-state index in [9.17, 15) is 17.6 Å². The van der Waals surface area contributed by atoms with E-state index in [1.165, 1.54) is 24.5 Å². The first-order chi connectivity index (χ1) is 14.3. The van der Waals surface area contributed by atoms with Gasteiger partial charge in [0.05, 0.1) is 35.5 Å². The van der Waals surface area contributed by atoms with Crippen molar-refractivity contribution in [2.75, 3.05) is 5.32 Å². The minimum absolute atomic E-state index is 0.107. The summed E-state index contributed by atoms with van der Waals surface area (Å²) in [5.41, 5.74) is 0.381. The number of rotatable bonds is 4. The van der Waals surface area contributed by atoms with Crippen molar-refractivity contribution in [3.63, 3.8) is 0 Å². The number of nitrogens with zero attached hydrogens (tertiary/aromatic N) is 3. The molecule has 158 valence electrons. The molecule has 0 unspecified atom stereocenters. The zero-order chi connectivity index (χ0) is 21.9. The maximum absolute atomic E-state index is 13.6. The first-order valence-corrected chi connectivity index (χ1v) is 9.14. The van der Waals surface area contributed by atoms with Gasteiger partial charge in [-0.3, -0.25) is 9.97 Å². The van der Waals surface area contributed by atoms with E-state index in [4.69, 9.17) is 11.6 Å². The summed E-state index contributed by atoms with van der Waals surface area (Å²) in [6.45, 7) is 3.83. The van der Waals surface area contributed by atoms with Crippen LogP contribution in [0.15, 0.2) is 36.9 Å². The molecule has 3 heterocycles. The van der Waals surface area contributed by atoms with E-state index < -0.39 is 17.9 Å².